The fourth-order valence-corrected chi connectivity index (χ4v) is 2.01. The van der Waals surface area contributed by atoms with Crippen LogP contribution in [0.3, 0.4) is 0 Å². The van der Waals surface area contributed by atoms with Crippen molar-refractivity contribution in [1.29, 1.82) is 0 Å². The summed E-state index contributed by atoms with van der Waals surface area (Å²) in [6.45, 7) is 2.87. The van der Waals surface area contributed by atoms with Gasteiger partial charge in [-0.15, -0.1) is 0 Å². The van der Waals surface area contributed by atoms with E-state index in [2.05, 4.69) is 10.4 Å². The summed E-state index contributed by atoms with van der Waals surface area (Å²) in [5.41, 5.74) is 1.21. The number of anilines is 1. The van der Waals surface area contributed by atoms with E-state index < -0.39 is 0 Å². The molecular formula is C15H18ClN3O2. The lowest BCUT2D eigenvalue weighted by molar-refractivity contribution is 0.129. The topological polar surface area (TPSA) is 56.1 Å². The molecule has 0 radical (unpaired) electrons. The van der Waals surface area contributed by atoms with E-state index in [1.807, 2.05) is 37.3 Å². The second kappa shape index (κ2) is 7.24. The molecule has 0 bridgehead atoms. The van der Waals surface area contributed by atoms with Crippen molar-refractivity contribution in [3.63, 3.8) is 0 Å². The summed E-state index contributed by atoms with van der Waals surface area (Å²) in [4.78, 5) is 12.2. The van der Waals surface area contributed by atoms with Gasteiger partial charge in [0.15, 0.2) is 0 Å². The third kappa shape index (κ3) is 4.06. The molecule has 0 saturated carbocycles. The van der Waals surface area contributed by atoms with Gasteiger partial charge in [0, 0.05) is 13.7 Å². The maximum Gasteiger partial charge on any atom is 0.287 e. The number of ether oxygens (including phenoxy) is 1. The standard InChI is InChI=1S/C15H18ClN3O2/c1-11(21-2)8-17-13-9-18-19(15(20)14(13)16)10-12-6-4-3-5-7-12/h3-7,9,11,17H,8,10H2,1-2H3. The van der Waals surface area contributed by atoms with Gasteiger partial charge in [0.25, 0.3) is 5.56 Å². The molecule has 1 aromatic carbocycles. The molecule has 21 heavy (non-hydrogen) atoms. The van der Waals surface area contributed by atoms with Crippen molar-refractivity contribution < 1.29 is 4.74 Å². The molecule has 0 aliphatic heterocycles. The lowest BCUT2D eigenvalue weighted by Crippen LogP contribution is -2.26. The minimum Gasteiger partial charge on any atom is -0.380 e. The van der Waals surface area contributed by atoms with E-state index in [1.165, 1.54) is 4.68 Å². The monoisotopic (exact) mass is 307 g/mol. The molecule has 1 aromatic heterocycles. The molecule has 1 atom stereocenters. The van der Waals surface area contributed by atoms with Crippen LogP contribution in [0, 0.1) is 0 Å². The van der Waals surface area contributed by atoms with Crippen LogP contribution in [0.2, 0.25) is 5.02 Å². The number of aromatic nitrogens is 2. The van der Waals surface area contributed by atoms with Crippen LogP contribution in [0.15, 0.2) is 41.3 Å². The molecule has 0 saturated heterocycles. The summed E-state index contributed by atoms with van der Waals surface area (Å²) < 4.78 is 6.49. The lowest BCUT2D eigenvalue weighted by atomic mass is 10.2. The molecule has 0 aliphatic carbocycles. The third-order valence-electron chi connectivity index (χ3n) is 3.14. The van der Waals surface area contributed by atoms with Gasteiger partial charge in [0.1, 0.15) is 5.02 Å². The summed E-state index contributed by atoms with van der Waals surface area (Å²) in [6.07, 6.45) is 1.59. The molecule has 1 heterocycles. The first-order valence-electron chi connectivity index (χ1n) is 6.68. The number of rotatable bonds is 6. The van der Waals surface area contributed by atoms with E-state index in [-0.39, 0.29) is 16.7 Å². The van der Waals surface area contributed by atoms with E-state index in [0.717, 1.165) is 5.56 Å². The van der Waals surface area contributed by atoms with Gasteiger partial charge in [0.05, 0.1) is 24.5 Å². The van der Waals surface area contributed by atoms with Crippen LogP contribution in [0.1, 0.15) is 12.5 Å². The van der Waals surface area contributed by atoms with Crippen LogP contribution in [-0.4, -0.2) is 29.5 Å². The molecule has 2 rings (SSSR count). The molecule has 0 amide bonds. The Labute approximate surface area is 128 Å². The highest BCUT2D eigenvalue weighted by molar-refractivity contribution is 6.32. The molecule has 6 heteroatoms. The number of halogens is 1. The Balaban J connectivity index is 2.16. The molecule has 0 fully saturated rings. The van der Waals surface area contributed by atoms with Gasteiger partial charge in [-0.1, -0.05) is 41.9 Å². The predicted octanol–water partition coefficient (Wildman–Crippen LogP) is 2.39. The van der Waals surface area contributed by atoms with Gasteiger partial charge < -0.3 is 10.1 Å². The Hall–Kier alpha value is -1.85. The number of nitrogens with zero attached hydrogens (tertiary/aromatic N) is 2. The van der Waals surface area contributed by atoms with Crippen molar-refractivity contribution in [1.82, 2.24) is 9.78 Å². The Morgan fingerprint density at radius 3 is 2.76 bits per heavy atom. The second-order valence-electron chi connectivity index (χ2n) is 4.75. The Bertz CT molecular complexity index is 643. The zero-order valence-corrected chi connectivity index (χ0v) is 12.8. The zero-order valence-electron chi connectivity index (χ0n) is 12.0. The number of nitrogens with one attached hydrogen (secondary N) is 1. The smallest absolute Gasteiger partial charge is 0.287 e. The van der Waals surface area contributed by atoms with Gasteiger partial charge in [-0.05, 0) is 12.5 Å². The number of methoxy groups -OCH3 is 1. The summed E-state index contributed by atoms with van der Waals surface area (Å²) in [5, 5.41) is 7.36. The van der Waals surface area contributed by atoms with Crippen molar-refractivity contribution in [3.05, 3.63) is 57.5 Å². The van der Waals surface area contributed by atoms with Crippen LogP contribution < -0.4 is 10.9 Å². The highest BCUT2D eigenvalue weighted by Gasteiger charge is 2.10. The highest BCUT2D eigenvalue weighted by atomic mass is 35.5. The summed E-state index contributed by atoms with van der Waals surface area (Å²) in [5.74, 6) is 0. The maximum absolute atomic E-state index is 12.2. The maximum atomic E-state index is 12.2. The zero-order chi connectivity index (χ0) is 15.2. The van der Waals surface area contributed by atoms with Crippen LogP contribution >= 0.6 is 11.6 Å². The van der Waals surface area contributed by atoms with Crippen molar-refractivity contribution >= 4 is 17.3 Å². The van der Waals surface area contributed by atoms with Crippen LogP contribution in [0.25, 0.3) is 0 Å². The highest BCUT2D eigenvalue weighted by Crippen LogP contribution is 2.15. The van der Waals surface area contributed by atoms with E-state index in [4.69, 9.17) is 16.3 Å². The predicted molar refractivity (Wildman–Crippen MR) is 84.0 cm³/mol. The lowest BCUT2D eigenvalue weighted by Gasteiger charge is -2.13. The van der Waals surface area contributed by atoms with Gasteiger partial charge in [-0.2, -0.15) is 5.10 Å². The number of hydrogen-bond donors (Lipinski definition) is 1. The largest absolute Gasteiger partial charge is 0.380 e. The summed E-state index contributed by atoms with van der Waals surface area (Å²) >= 11 is 6.11. The first-order chi connectivity index (χ1) is 10.1. The minimum absolute atomic E-state index is 0.0211. The van der Waals surface area contributed by atoms with Gasteiger partial charge in [-0.3, -0.25) is 4.79 Å². The van der Waals surface area contributed by atoms with Crippen LogP contribution in [-0.2, 0) is 11.3 Å². The molecule has 1 N–H and O–H groups in total. The fourth-order valence-electron chi connectivity index (χ4n) is 1.79. The van der Waals surface area contributed by atoms with Crippen LogP contribution in [0.4, 0.5) is 5.69 Å². The first kappa shape index (κ1) is 15.5. The van der Waals surface area contributed by atoms with Crippen molar-refractivity contribution in [2.75, 3.05) is 19.0 Å². The van der Waals surface area contributed by atoms with E-state index in [9.17, 15) is 4.79 Å². The van der Waals surface area contributed by atoms with Crippen molar-refractivity contribution in [2.24, 2.45) is 0 Å². The average molecular weight is 308 g/mol. The van der Waals surface area contributed by atoms with E-state index in [0.29, 0.717) is 18.8 Å². The van der Waals surface area contributed by atoms with Crippen LogP contribution in [0.5, 0.6) is 0 Å². The average Bonchev–Trinajstić information content (AvgIpc) is 2.52. The molecule has 5 nitrogen and oxygen atoms in total. The van der Waals surface area contributed by atoms with Gasteiger partial charge in [-0.25, -0.2) is 4.68 Å². The quantitative estimate of drug-likeness (QED) is 0.890. The molecule has 0 aliphatic rings. The molecule has 0 spiro atoms. The number of benzene rings is 1. The fraction of sp³-hybridized carbons (Fsp3) is 0.333. The van der Waals surface area contributed by atoms with Crippen molar-refractivity contribution in [3.8, 4) is 0 Å². The number of hydrogen-bond acceptors (Lipinski definition) is 4. The Kier molecular flexibility index (Phi) is 5.36. The molecule has 1 unspecified atom stereocenters. The summed E-state index contributed by atoms with van der Waals surface area (Å²) in [7, 11) is 1.63. The van der Waals surface area contributed by atoms with Gasteiger partial charge in [0.2, 0.25) is 0 Å². The third-order valence-corrected chi connectivity index (χ3v) is 3.51. The van der Waals surface area contributed by atoms with Gasteiger partial charge >= 0.3 is 0 Å². The normalized spacial score (nSPS) is 12.1. The molecule has 2 aromatic rings. The summed E-state index contributed by atoms with van der Waals surface area (Å²) in [6, 6.07) is 9.65. The second-order valence-corrected chi connectivity index (χ2v) is 5.13. The van der Waals surface area contributed by atoms with Crippen molar-refractivity contribution in [2.45, 2.75) is 19.6 Å². The van der Waals surface area contributed by atoms with E-state index >= 15 is 0 Å². The molecular weight excluding hydrogens is 290 g/mol. The first-order valence-corrected chi connectivity index (χ1v) is 7.06. The Morgan fingerprint density at radius 2 is 2.10 bits per heavy atom. The molecule has 112 valence electrons. The Morgan fingerprint density at radius 1 is 1.38 bits per heavy atom. The van der Waals surface area contributed by atoms with E-state index in [1.54, 1.807) is 13.3 Å². The minimum atomic E-state index is -0.310. The SMILES string of the molecule is COC(C)CNc1cnn(Cc2ccccc2)c(=O)c1Cl.